The third kappa shape index (κ3) is 4.35. The van der Waals surface area contributed by atoms with E-state index in [-0.39, 0.29) is 13.0 Å². The summed E-state index contributed by atoms with van der Waals surface area (Å²) in [5.74, 6) is -0.468. The van der Waals surface area contributed by atoms with Crippen LogP contribution in [0.1, 0.15) is 12.0 Å². The van der Waals surface area contributed by atoms with Crippen LogP contribution in [0.15, 0.2) is 42.6 Å². The molecule has 0 radical (unpaired) electrons. The normalized spacial score (nSPS) is 16.2. The lowest BCUT2D eigenvalue weighted by Gasteiger charge is -2.14. The Morgan fingerprint density at radius 3 is 2.74 bits per heavy atom. The minimum Gasteiger partial charge on any atom is -0.481 e. The lowest BCUT2D eigenvalue weighted by atomic mass is 10.1. The van der Waals surface area contributed by atoms with Crippen molar-refractivity contribution in [3.8, 4) is 5.88 Å². The number of hydrogen-bond donors (Lipinski definition) is 2. The van der Waals surface area contributed by atoms with Gasteiger partial charge in [-0.15, -0.1) is 0 Å². The fraction of sp³-hybridized carbons (Fsp3) is 0.222. The van der Waals surface area contributed by atoms with E-state index < -0.39 is 23.9 Å². The summed E-state index contributed by atoms with van der Waals surface area (Å²) in [6.07, 6.45) is 1.26. The van der Waals surface area contributed by atoms with Gasteiger partial charge in [-0.2, -0.15) is 0 Å². The second kappa shape index (κ2) is 8.05. The summed E-state index contributed by atoms with van der Waals surface area (Å²) >= 11 is 6.08. The molecular weight excluding hydrogens is 372 g/mol. The maximum absolute atomic E-state index is 12.5. The molecule has 0 saturated carbocycles. The first-order valence-corrected chi connectivity index (χ1v) is 8.51. The lowest BCUT2D eigenvalue weighted by Crippen LogP contribution is -2.34. The van der Waals surface area contributed by atoms with Gasteiger partial charge in [-0.05, 0) is 17.7 Å². The van der Waals surface area contributed by atoms with Crippen LogP contribution in [0.4, 0.5) is 10.5 Å². The Morgan fingerprint density at radius 1 is 1.30 bits per heavy atom. The Kier molecular flexibility index (Phi) is 5.56. The molecule has 2 aromatic rings. The van der Waals surface area contributed by atoms with Gasteiger partial charge < -0.3 is 15.4 Å². The Labute approximate surface area is 160 Å². The van der Waals surface area contributed by atoms with Crippen molar-refractivity contribution in [2.45, 2.75) is 19.0 Å². The van der Waals surface area contributed by atoms with E-state index in [4.69, 9.17) is 16.3 Å². The smallest absolute Gasteiger partial charge is 0.325 e. The SMILES string of the molecule is COc1ccc(NC(=O)CC2NC(=O)N(Cc3ccccc3Cl)C2=O)cn1. The van der Waals surface area contributed by atoms with Gasteiger partial charge >= 0.3 is 6.03 Å². The first-order valence-electron chi connectivity index (χ1n) is 8.13. The number of carbonyl (C=O) groups excluding carboxylic acids is 3. The van der Waals surface area contributed by atoms with E-state index in [9.17, 15) is 14.4 Å². The number of rotatable bonds is 6. The predicted octanol–water partition coefficient (Wildman–Crippen LogP) is 2.19. The molecule has 1 aromatic heterocycles. The molecule has 2 heterocycles. The van der Waals surface area contributed by atoms with Crippen LogP contribution in [0.2, 0.25) is 5.02 Å². The number of anilines is 1. The quantitative estimate of drug-likeness (QED) is 0.739. The fourth-order valence-corrected chi connectivity index (χ4v) is 2.83. The van der Waals surface area contributed by atoms with Crippen molar-refractivity contribution in [2.24, 2.45) is 0 Å². The molecule has 1 aromatic carbocycles. The number of carbonyl (C=O) groups is 3. The summed E-state index contributed by atoms with van der Waals surface area (Å²) in [7, 11) is 1.49. The number of amides is 4. The number of nitrogens with one attached hydrogen (secondary N) is 2. The Bertz CT molecular complexity index is 872. The van der Waals surface area contributed by atoms with Crippen molar-refractivity contribution >= 4 is 35.1 Å². The molecular formula is C18H17ClN4O4. The molecule has 1 aliphatic heterocycles. The van der Waals surface area contributed by atoms with Crippen molar-refractivity contribution in [3.63, 3.8) is 0 Å². The molecule has 8 nitrogen and oxygen atoms in total. The number of imide groups is 1. The molecule has 1 aliphatic rings. The lowest BCUT2D eigenvalue weighted by molar-refractivity contribution is -0.130. The third-order valence-corrected chi connectivity index (χ3v) is 4.38. The summed E-state index contributed by atoms with van der Waals surface area (Å²) in [5.41, 5.74) is 1.11. The molecule has 3 rings (SSSR count). The summed E-state index contributed by atoms with van der Waals surface area (Å²) in [6, 6.07) is 8.70. The summed E-state index contributed by atoms with van der Waals surface area (Å²) in [5, 5.41) is 5.62. The molecule has 2 N–H and O–H groups in total. The maximum Gasteiger partial charge on any atom is 0.325 e. The Morgan fingerprint density at radius 2 is 2.07 bits per heavy atom. The van der Waals surface area contributed by atoms with Crippen LogP contribution in [0.25, 0.3) is 0 Å². The predicted molar refractivity (Wildman–Crippen MR) is 98.4 cm³/mol. The number of halogens is 1. The van der Waals surface area contributed by atoms with Gasteiger partial charge in [0, 0.05) is 11.1 Å². The second-order valence-corrected chi connectivity index (χ2v) is 6.27. The summed E-state index contributed by atoms with van der Waals surface area (Å²) < 4.78 is 4.95. The molecule has 9 heteroatoms. The largest absolute Gasteiger partial charge is 0.481 e. The molecule has 1 atom stereocenters. The van der Waals surface area contributed by atoms with E-state index in [1.807, 2.05) is 0 Å². The number of ether oxygens (including phenoxy) is 1. The number of methoxy groups -OCH3 is 1. The molecule has 1 fully saturated rings. The average Bonchev–Trinajstić information content (AvgIpc) is 2.91. The first-order chi connectivity index (χ1) is 13.0. The van der Waals surface area contributed by atoms with E-state index >= 15 is 0 Å². The molecule has 0 aliphatic carbocycles. The van der Waals surface area contributed by atoms with Gasteiger partial charge in [0.05, 0.1) is 32.0 Å². The van der Waals surface area contributed by atoms with Crippen LogP contribution < -0.4 is 15.4 Å². The third-order valence-electron chi connectivity index (χ3n) is 4.01. The minimum absolute atomic E-state index is 0.0465. The zero-order valence-electron chi connectivity index (χ0n) is 14.4. The van der Waals surface area contributed by atoms with E-state index in [0.717, 1.165) is 4.90 Å². The molecule has 1 saturated heterocycles. The van der Waals surface area contributed by atoms with Gasteiger partial charge in [0.1, 0.15) is 6.04 Å². The van der Waals surface area contributed by atoms with Crippen LogP contribution in [0, 0.1) is 0 Å². The highest BCUT2D eigenvalue weighted by atomic mass is 35.5. The van der Waals surface area contributed by atoms with Crippen LogP contribution in [-0.2, 0) is 16.1 Å². The highest BCUT2D eigenvalue weighted by Gasteiger charge is 2.39. The number of aromatic nitrogens is 1. The van der Waals surface area contributed by atoms with E-state index in [1.54, 1.807) is 36.4 Å². The number of urea groups is 1. The molecule has 4 amide bonds. The molecule has 1 unspecified atom stereocenters. The number of hydrogen-bond acceptors (Lipinski definition) is 5. The first kappa shape index (κ1) is 18.7. The zero-order chi connectivity index (χ0) is 19.4. The van der Waals surface area contributed by atoms with Crippen LogP contribution in [-0.4, -0.2) is 40.9 Å². The van der Waals surface area contributed by atoms with Crippen LogP contribution >= 0.6 is 11.6 Å². The van der Waals surface area contributed by atoms with Gasteiger partial charge in [-0.25, -0.2) is 9.78 Å². The monoisotopic (exact) mass is 388 g/mol. The molecule has 0 bridgehead atoms. The van der Waals surface area contributed by atoms with Gasteiger partial charge in [0.15, 0.2) is 0 Å². The molecule has 140 valence electrons. The van der Waals surface area contributed by atoms with Crippen LogP contribution in [0.5, 0.6) is 5.88 Å². The highest BCUT2D eigenvalue weighted by Crippen LogP contribution is 2.20. The fourth-order valence-electron chi connectivity index (χ4n) is 2.63. The Hall–Kier alpha value is -3.13. The van der Waals surface area contributed by atoms with Crippen molar-refractivity contribution in [3.05, 3.63) is 53.2 Å². The summed E-state index contributed by atoms with van der Waals surface area (Å²) in [4.78, 5) is 41.8. The van der Waals surface area contributed by atoms with Crippen molar-refractivity contribution in [2.75, 3.05) is 12.4 Å². The van der Waals surface area contributed by atoms with Crippen molar-refractivity contribution in [1.82, 2.24) is 15.2 Å². The average molecular weight is 389 g/mol. The summed E-state index contributed by atoms with van der Waals surface area (Å²) in [6.45, 7) is 0.0465. The molecule has 0 spiro atoms. The minimum atomic E-state index is -0.925. The van der Waals surface area contributed by atoms with Gasteiger partial charge in [-0.1, -0.05) is 29.8 Å². The standard InChI is InChI=1S/C18H17ClN4O4/c1-27-16-7-6-12(9-20-16)21-15(24)8-14-17(25)23(18(26)22-14)10-11-4-2-3-5-13(11)19/h2-7,9,14H,8,10H2,1H3,(H,21,24)(H,22,26). The van der Waals surface area contributed by atoms with Crippen LogP contribution in [0.3, 0.4) is 0 Å². The Balaban J connectivity index is 1.60. The highest BCUT2D eigenvalue weighted by molar-refractivity contribution is 6.31. The van der Waals surface area contributed by atoms with Crippen molar-refractivity contribution in [1.29, 1.82) is 0 Å². The van der Waals surface area contributed by atoms with Gasteiger partial charge in [0.25, 0.3) is 5.91 Å². The van der Waals surface area contributed by atoms with Gasteiger partial charge in [-0.3, -0.25) is 14.5 Å². The second-order valence-electron chi connectivity index (χ2n) is 5.86. The number of nitrogens with zero attached hydrogens (tertiary/aromatic N) is 2. The number of benzene rings is 1. The van der Waals surface area contributed by atoms with Gasteiger partial charge in [0.2, 0.25) is 11.8 Å². The zero-order valence-corrected chi connectivity index (χ0v) is 15.2. The van der Waals surface area contributed by atoms with E-state index in [1.165, 1.54) is 13.3 Å². The number of pyridine rings is 1. The van der Waals surface area contributed by atoms with Crippen molar-refractivity contribution < 1.29 is 19.1 Å². The van der Waals surface area contributed by atoms with E-state index in [2.05, 4.69) is 15.6 Å². The molecule has 27 heavy (non-hydrogen) atoms. The van der Waals surface area contributed by atoms with E-state index in [0.29, 0.717) is 22.2 Å². The topological polar surface area (TPSA) is 101 Å². The maximum atomic E-state index is 12.5.